The first-order valence-corrected chi connectivity index (χ1v) is 8.63. The highest BCUT2D eigenvalue weighted by Crippen LogP contribution is 2.16. The van der Waals surface area contributed by atoms with Crippen molar-refractivity contribution in [1.82, 2.24) is 9.21 Å². The molecule has 0 unspecified atom stereocenters. The second kappa shape index (κ2) is 8.48. The highest BCUT2D eigenvalue weighted by Gasteiger charge is 2.20. The largest absolute Gasteiger partial charge is 0.396 e. The van der Waals surface area contributed by atoms with Crippen molar-refractivity contribution in [3.05, 3.63) is 29.8 Å². The summed E-state index contributed by atoms with van der Waals surface area (Å²) in [6.07, 6.45) is 2.25. The molecule has 0 fully saturated rings. The van der Waals surface area contributed by atoms with E-state index >= 15 is 0 Å². The van der Waals surface area contributed by atoms with Crippen LogP contribution in [-0.2, 0) is 16.4 Å². The molecule has 0 aliphatic carbocycles. The average molecular weight is 314 g/mol. The van der Waals surface area contributed by atoms with E-state index in [1.165, 1.54) is 4.31 Å². The molecule has 0 saturated heterocycles. The second-order valence-electron chi connectivity index (χ2n) is 5.45. The van der Waals surface area contributed by atoms with Gasteiger partial charge in [0.1, 0.15) is 0 Å². The normalized spacial score (nSPS) is 12.3. The van der Waals surface area contributed by atoms with Crippen LogP contribution in [0, 0.1) is 0 Å². The van der Waals surface area contributed by atoms with Crippen LogP contribution in [-0.4, -0.2) is 63.6 Å². The fraction of sp³-hybridized carbons (Fsp3) is 0.600. The maximum Gasteiger partial charge on any atom is 0.242 e. The van der Waals surface area contributed by atoms with Crippen molar-refractivity contribution in [2.75, 3.05) is 40.8 Å². The molecule has 5 nitrogen and oxygen atoms in total. The molecule has 0 radical (unpaired) electrons. The van der Waals surface area contributed by atoms with Crippen molar-refractivity contribution in [2.45, 2.75) is 24.2 Å². The smallest absolute Gasteiger partial charge is 0.242 e. The highest BCUT2D eigenvalue weighted by molar-refractivity contribution is 7.89. The predicted octanol–water partition coefficient (Wildman–Crippen LogP) is 1.18. The quantitative estimate of drug-likeness (QED) is 0.744. The number of aliphatic hydroxyl groups is 1. The summed E-state index contributed by atoms with van der Waals surface area (Å²) < 4.78 is 26.2. The first kappa shape index (κ1) is 18.1. The number of hydrogen-bond acceptors (Lipinski definition) is 4. The van der Waals surface area contributed by atoms with Gasteiger partial charge in [-0.3, -0.25) is 0 Å². The van der Waals surface area contributed by atoms with Crippen molar-refractivity contribution < 1.29 is 13.5 Å². The van der Waals surface area contributed by atoms with Crippen LogP contribution in [0.4, 0.5) is 0 Å². The summed E-state index contributed by atoms with van der Waals surface area (Å²) in [5.74, 6) is 0. The van der Waals surface area contributed by atoms with Gasteiger partial charge >= 0.3 is 0 Å². The van der Waals surface area contributed by atoms with Gasteiger partial charge in [0.05, 0.1) is 4.90 Å². The second-order valence-corrected chi connectivity index (χ2v) is 7.50. The Balaban J connectivity index is 2.68. The number of benzene rings is 1. The molecule has 1 rings (SSSR count). The first-order chi connectivity index (χ1) is 9.87. The zero-order valence-corrected chi connectivity index (χ0v) is 13.9. The molecule has 0 aliphatic heterocycles. The molecule has 0 aromatic heterocycles. The van der Waals surface area contributed by atoms with Crippen LogP contribution in [0.3, 0.4) is 0 Å². The van der Waals surface area contributed by atoms with Crippen LogP contribution in [0.1, 0.15) is 18.4 Å². The molecule has 1 N–H and O–H groups in total. The van der Waals surface area contributed by atoms with Crippen molar-refractivity contribution in [3.8, 4) is 0 Å². The van der Waals surface area contributed by atoms with Crippen LogP contribution in [0.15, 0.2) is 29.2 Å². The summed E-state index contributed by atoms with van der Waals surface area (Å²) in [4.78, 5) is 2.36. The summed E-state index contributed by atoms with van der Waals surface area (Å²) in [5.41, 5.74) is 1.04. The lowest BCUT2D eigenvalue weighted by Crippen LogP contribution is -2.29. The molecule has 0 bridgehead atoms. The van der Waals surface area contributed by atoms with Gasteiger partial charge in [0.15, 0.2) is 0 Å². The molecule has 6 heteroatoms. The summed E-state index contributed by atoms with van der Waals surface area (Å²) in [6.45, 7) is 1.52. The molecule has 0 saturated carbocycles. The van der Waals surface area contributed by atoms with E-state index in [2.05, 4.69) is 0 Å². The van der Waals surface area contributed by atoms with E-state index in [4.69, 9.17) is 5.11 Å². The highest BCUT2D eigenvalue weighted by atomic mass is 32.2. The van der Waals surface area contributed by atoms with Crippen molar-refractivity contribution >= 4 is 10.0 Å². The fourth-order valence-electron chi connectivity index (χ4n) is 2.02. The van der Waals surface area contributed by atoms with E-state index in [0.29, 0.717) is 17.9 Å². The van der Waals surface area contributed by atoms with E-state index < -0.39 is 10.0 Å². The molecule has 1 aromatic carbocycles. The van der Waals surface area contributed by atoms with Crippen molar-refractivity contribution in [2.24, 2.45) is 0 Å². The predicted molar refractivity (Wildman–Crippen MR) is 84.8 cm³/mol. The molecule has 0 atom stereocenters. The molecular formula is C15H26N2O3S. The molecule has 0 heterocycles. The summed E-state index contributed by atoms with van der Waals surface area (Å²) >= 11 is 0. The van der Waals surface area contributed by atoms with Gasteiger partial charge in [0.2, 0.25) is 10.0 Å². The van der Waals surface area contributed by atoms with E-state index in [1.54, 1.807) is 19.2 Å². The monoisotopic (exact) mass is 314 g/mol. The molecule has 0 amide bonds. The van der Waals surface area contributed by atoms with Gasteiger partial charge in [-0.1, -0.05) is 12.1 Å². The van der Waals surface area contributed by atoms with Crippen LogP contribution >= 0.6 is 0 Å². The molecule has 0 spiro atoms. The Morgan fingerprint density at radius 3 is 2.14 bits per heavy atom. The van der Waals surface area contributed by atoms with Crippen LogP contribution in [0.25, 0.3) is 0 Å². The lowest BCUT2D eigenvalue weighted by Gasteiger charge is -2.18. The average Bonchev–Trinajstić information content (AvgIpc) is 2.45. The molecular weight excluding hydrogens is 288 g/mol. The van der Waals surface area contributed by atoms with Gasteiger partial charge in [0.25, 0.3) is 0 Å². The molecule has 1 aromatic rings. The first-order valence-electron chi connectivity index (χ1n) is 7.19. The van der Waals surface area contributed by atoms with E-state index in [-0.39, 0.29) is 6.61 Å². The SMILES string of the molecule is CN(C)CCCN(C)S(=O)(=O)c1ccc(CCCO)cc1. The summed E-state index contributed by atoms with van der Waals surface area (Å²) in [6, 6.07) is 6.92. The minimum Gasteiger partial charge on any atom is -0.396 e. The number of aryl methyl sites for hydroxylation is 1. The number of rotatable bonds is 9. The van der Waals surface area contributed by atoms with Gasteiger partial charge in [-0.25, -0.2) is 12.7 Å². The maximum absolute atomic E-state index is 12.4. The van der Waals surface area contributed by atoms with E-state index in [9.17, 15) is 8.42 Å². The Kier molecular flexibility index (Phi) is 7.31. The van der Waals surface area contributed by atoms with Gasteiger partial charge in [-0.05, 0) is 57.6 Å². The van der Waals surface area contributed by atoms with Crippen LogP contribution < -0.4 is 0 Å². The Morgan fingerprint density at radius 2 is 1.62 bits per heavy atom. The third kappa shape index (κ3) is 5.74. The van der Waals surface area contributed by atoms with Gasteiger partial charge in [-0.2, -0.15) is 0 Å². The van der Waals surface area contributed by atoms with Gasteiger partial charge in [0, 0.05) is 20.2 Å². The number of hydrogen-bond donors (Lipinski definition) is 1. The minimum absolute atomic E-state index is 0.147. The Labute approximate surface area is 128 Å². The third-order valence-corrected chi connectivity index (χ3v) is 5.20. The van der Waals surface area contributed by atoms with Crippen molar-refractivity contribution in [1.29, 1.82) is 0 Å². The number of sulfonamides is 1. The lowest BCUT2D eigenvalue weighted by molar-refractivity contribution is 0.288. The maximum atomic E-state index is 12.4. The van der Waals surface area contributed by atoms with E-state index in [1.807, 2.05) is 31.1 Å². The van der Waals surface area contributed by atoms with Crippen molar-refractivity contribution in [3.63, 3.8) is 0 Å². The Hall–Kier alpha value is -0.950. The topological polar surface area (TPSA) is 60.9 Å². The Bertz CT molecular complexity index is 512. The Morgan fingerprint density at radius 1 is 1.00 bits per heavy atom. The van der Waals surface area contributed by atoms with Crippen LogP contribution in [0.2, 0.25) is 0 Å². The van der Waals surface area contributed by atoms with Crippen LogP contribution in [0.5, 0.6) is 0 Å². The number of nitrogens with zero attached hydrogens (tertiary/aromatic N) is 2. The standard InChI is InChI=1S/C15H26N2O3S/c1-16(2)11-5-12-17(3)21(19,20)15-9-7-14(8-10-15)6-4-13-18/h7-10,18H,4-6,11-13H2,1-3H3. The molecule has 0 aliphatic rings. The third-order valence-electron chi connectivity index (χ3n) is 3.33. The minimum atomic E-state index is -3.41. The summed E-state index contributed by atoms with van der Waals surface area (Å²) in [5, 5.41) is 8.80. The lowest BCUT2D eigenvalue weighted by atomic mass is 10.1. The zero-order chi connectivity index (χ0) is 15.9. The van der Waals surface area contributed by atoms with Gasteiger partial charge < -0.3 is 10.0 Å². The van der Waals surface area contributed by atoms with E-state index in [0.717, 1.165) is 24.9 Å². The number of aliphatic hydroxyl groups excluding tert-OH is 1. The molecule has 21 heavy (non-hydrogen) atoms. The van der Waals surface area contributed by atoms with Gasteiger partial charge in [-0.15, -0.1) is 0 Å². The zero-order valence-electron chi connectivity index (χ0n) is 13.1. The molecule has 120 valence electrons. The summed E-state index contributed by atoms with van der Waals surface area (Å²) in [7, 11) is 2.15. The fourth-order valence-corrected chi connectivity index (χ4v) is 3.23.